The topological polar surface area (TPSA) is 54.9 Å². The maximum atomic E-state index is 12.3. The molecule has 1 amide bonds. The van der Waals surface area contributed by atoms with Gasteiger partial charge < -0.3 is 5.32 Å². The first-order valence-corrected chi connectivity index (χ1v) is 10.3. The zero-order chi connectivity index (χ0) is 17.3. The average Bonchev–Trinajstić information content (AvgIpc) is 2.90. The minimum absolute atomic E-state index is 0.0816. The second-order valence-electron chi connectivity index (χ2n) is 7.11. The number of aryl methyl sites for hydroxylation is 1. The Morgan fingerprint density at radius 1 is 1.42 bits per heavy atom. The van der Waals surface area contributed by atoms with Crippen molar-refractivity contribution in [2.45, 2.75) is 57.2 Å². The number of hydrogen-bond donors (Lipinski definition) is 1. The molecule has 0 spiro atoms. The third-order valence-corrected chi connectivity index (χ3v) is 6.66. The Morgan fingerprint density at radius 2 is 2.21 bits per heavy atom. The molecule has 1 aliphatic rings. The molecule has 0 fully saturated rings. The molecular formula is C18H25N3OS2. The van der Waals surface area contributed by atoms with Crippen LogP contribution >= 0.6 is 23.1 Å². The fourth-order valence-corrected chi connectivity index (χ4v) is 5.39. The SMILES string of the molecule is CC(C)CNC(=O)[C@H](C)Sc1ncnc2sc3c(c12)CC[C@@H](C)C3. The number of rotatable bonds is 5. The lowest BCUT2D eigenvalue weighted by atomic mass is 9.89. The molecule has 0 aromatic carbocycles. The first kappa shape index (κ1) is 17.7. The van der Waals surface area contributed by atoms with Crippen molar-refractivity contribution in [1.29, 1.82) is 0 Å². The first-order valence-electron chi connectivity index (χ1n) is 8.65. The molecule has 2 heterocycles. The lowest BCUT2D eigenvalue weighted by Crippen LogP contribution is -2.33. The third kappa shape index (κ3) is 3.75. The summed E-state index contributed by atoms with van der Waals surface area (Å²) in [5, 5.41) is 5.01. The maximum Gasteiger partial charge on any atom is 0.233 e. The highest BCUT2D eigenvalue weighted by Gasteiger charge is 2.25. The summed E-state index contributed by atoms with van der Waals surface area (Å²) >= 11 is 3.36. The summed E-state index contributed by atoms with van der Waals surface area (Å²) in [6.07, 6.45) is 5.10. The number of carbonyl (C=O) groups is 1. The first-order chi connectivity index (χ1) is 11.5. The molecule has 2 aromatic rings. The molecule has 24 heavy (non-hydrogen) atoms. The van der Waals surface area contributed by atoms with E-state index in [0.717, 1.165) is 28.6 Å². The summed E-state index contributed by atoms with van der Waals surface area (Å²) in [4.78, 5) is 23.8. The zero-order valence-corrected chi connectivity index (χ0v) is 16.4. The Kier molecular flexibility index (Phi) is 5.45. The molecule has 4 nitrogen and oxygen atoms in total. The van der Waals surface area contributed by atoms with Crippen LogP contribution in [0.25, 0.3) is 10.2 Å². The highest BCUT2D eigenvalue weighted by atomic mass is 32.2. The lowest BCUT2D eigenvalue weighted by molar-refractivity contribution is -0.120. The van der Waals surface area contributed by atoms with Crippen molar-refractivity contribution in [1.82, 2.24) is 15.3 Å². The van der Waals surface area contributed by atoms with Crippen molar-refractivity contribution < 1.29 is 4.79 Å². The van der Waals surface area contributed by atoms with Gasteiger partial charge in [0.25, 0.3) is 0 Å². The fourth-order valence-electron chi connectivity index (χ4n) is 3.00. The second-order valence-corrected chi connectivity index (χ2v) is 9.52. The average molecular weight is 364 g/mol. The molecule has 0 unspecified atom stereocenters. The molecule has 0 radical (unpaired) electrons. The lowest BCUT2D eigenvalue weighted by Gasteiger charge is -2.18. The van der Waals surface area contributed by atoms with E-state index in [1.807, 2.05) is 6.92 Å². The van der Waals surface area contributed by atoms with E-state index in [4.69, 9.17) is 0 Å². The number of thioether (sulfide) groups is 1. The van der Waals surface area contributed by atoms with Crippen LogP contribution in [0.1, 0.15) is 44.6 Å². The molecule has 2 aromatic heterocycles. The number of thiophene rings is 1. The Labute approximate surface area is 151 Å². The monoisotopic (exact) mass is 363 g/mol. The Bertz CT molecular complexity index is 741. The van der Waals surface area contributed by atoms with Crippen LogP contribution in [0.4, 0.5) is 0 Å². The molecule has 1 aliphatic carbocycles. The van der Waals surface area contributed by atoms with Crippen LogP contribution in [0.15, 0.2) is 11.4 Å². The smallest absolute Gasteiger partial charge is 0.233 e. The van der Waals surface area contributed by atoms with Crippen molar-refractivity contribution in [2.75, 3.05) is 6.54 Å². The van der Waals surface area contributed by atoms with Crippen LogP contribution in [0.5, 0.6) is 0 Å². The number of carbonyl (C=O) groups excluding carboxylic acids is 1. The van der Waals surface area contributed by atoms with Crippen molar-refractivity contribution in [3.05, 3.63) is 16.8 Å². The normalized spacial score (nSPS) is 18.6. The molecule has 3 rings (SSSR count). The fraction of sp³-hybridized carbons (Fsp3) is 0.611. The third-order valence-electron chi connectivity index (χ3n) is 4.40. The summed E-state index contributed by atoms with van der Waals surface area (Å²) in [5.74, 6) is 1.29. The predicted molar refractivity (Wildman–Crippen MR) is 102 cm³/mol. The van der Waals surface area contributed by atoms with E-state index in [1.165, 1.54) is 22.2 Å². The van der Waals surface area contributed by atoms with E-state index in [2.05, 4.69) is 36.1 Å². The highest BCUT2D eigenvalue weighted by Crippen LogP contribution is 2.41. The molecule has 0 saturated carbocycles. The molecule has 6 heteroatoms. The van der Waals surface area contributed by atoms with Gasteiger partial charge in [-0.15, -0.1) is 11.3 Å². The van der Waals surface area contributed by atoms with Gasteiger partial charge in [-0.25, -0.2) is 9.97 Å². The summed E-state index contributed by atoms with van der Waals surface area (Å²) in [7, 11) is 0. The number of nitrogens with zero attached hydrogens (tertiary/aromatic N) is 2. The number of nitrogens with one attached hydrogen (secondary N) is 1. The van der Waals surface area contributed by atoms with E-state index < -0.39 is 0 Å². The number of hydrogen-bond acceptors (Lipinski definition) is 5. The highest BCUT2D eigenvalue weighted by molar-refractivity contribution is 8.00. The molecule has 0 bridgehead atoms. The zero-order valence-electron chi connectivity index (χ0n) is 14.8. The number of fused-ring (bicyclic) bond motifs is 3. The van der Waals surface area contributed by atoms with Gasteiger partial charge in [0, 0.05) is 16.8 Å². The van der Waals surface area contributed by atoms with Crippen molar-refractivity contribution in [2.24, 2.45) is 11.8 Å². The molecule has 1 N–H and O–H groups in total. The van der Waals surface area contributed by atoms with Gasteiger partial charge in [-0.2, -0.15) is 0 Å². The van der Waals surface area contributed by atoms with Crippen LogP contribution in [0.2, 0.25) is 0 Å². The quantitative estimate of drug-likeness (QED) is 0.643. The van der Waals surface area contributed by atoms with Crippen LogP contribution in [0.3, 0.4) is 0 Å². The van der Waals surface area contributed by atoms with Crippen molar-refractivity contribution in [3.8, 4) is 0 Å². The van der Waals surface area contributed by atoms with Gasteiger partial charge in [-0.3, -0.25) is 4.79 Å². The Hall–Kier alpha value is -1.14. The minimum atomic E-state index is -0.153. The van der Waals surface area contributed by atoms with Crippen LogP contribution in [-0.4, -0.2) is 27.7 Å². The number of amides is 1. The summed E-state index contributed by atoms with van der Waals surface area (Å²) in [6.45, 7) is 9.19. The maximum absolute atomic E-state index is 12.3. The molecular weight excluding hydrogens is 338 g/mol. The van der Waals surface area contributed by atoms with E-state index >= 15 is 0 Å². The molecule has 130 valence electrons. The van der Waals surface area contributed by atoms with Gasteiger partial charge in [-0.1, -0.05) is 32.5 Å². The second kappa shape index (κ2) is 7.40. The number of aromatic nitrogens is 2. The van der Waals surface area contributed by atoms with Gasteiger partial charge in [0.2, 0.25) is 5.91 Å². The van der Waals surface area contributed by atoms with E-state index in [0.29, 0.717) is 12.5 Å². The Balaban J connectivity index is 1.83. The molecule has 0 aliphatic heterocycles. The molecule has 0 saturated heterocycles. The largest absolute Gasteiger partial charge is 0.355 e. The van der Waals surface area contributed by atoms with Gasteiger partial charge in [0.1, 0.15) is 16.2 Å². The standard InChI is InChI=1S/C18H25N3OS2/c1-10(2)8-19-16(22)12(4)23-17-15-13-6-5-11(3)7-14(13)24-18(15)21-9-20-17/h9-12H,5-8H2,1-4H3,(H,19,22)/t11-,12+/m1/s1. The van der Waals surface area contributed by atoms with Gasteiger partial charge in [0.15, 0.2) is 0 Å². The van der Waals surface area contributed by atoms with Crippen molar-refractivity contribution >= 4 is 39.2 Å². The van der Waals surface area contributed by atoms with E-state index in [9.17, 15) is 4.79 Å². The van der Waals surface area contributed by atoms with Gasteiger partial charge >= 0.3 is 0 Å². The predicted octanol–water partition coefficient (Wildman–Crippen LogP) is 4.07. The summed E-state index contributed by atoms with van der Waals surface area (Å²) in [6, 6.07) is 0. The van der Waals surface area contributed by atoms with Gasteiger partial charge in [0.05, 0.1) is 5.25 Å². The van der Waals surface area contributed by atoms with Crippen molar-refractivity contribution in [3.63, 3.8) is 0 Å². The van der Waals surface area contributed by atoms with Crippen LogP contribution in [0, 0.1) is 11.8 Å². The van der Waals surface area contributed by atoms with Crippen LogP contribution < -0.4 is 5.32 Å². The minimum Gasteiger partial charge on any atom is -0.355 e. The van der Waals surface area contributed by atoms with Crippen LogP contribution in [-0.2, 0) is 17.6 Å². The summed E-state index contributed by atoms with van der Waals surface area (Å²) < 4.78 is 0. The summed E-state index contributed by atoms with van der Waals surface area (Å²) in [5.41, 5.74) is 1.42. The molecule has 2 atom stereocenters. The van der Waals surface area contributed by atoms with E-state index in [-0.39, 0.29) is 11.2 Å². The Morgan fingerprint density at radius 3 is 2.96 bits per heavy atom. The van der Waals surface area contributed by atoms with E-state index in [1.54, 1.807) is 29.4 Å². The van der Waals surface area contributed by atoms with Gasteiger partial charge in [-0.05, 0) is 43.6 Å².